The molecule has 37 heavy (non-hydrogen) atoms. The summed E-state index contributed by atoms with van der Waals surface area (Å²) in [5.74, 6) is 0.663. The van der Waals surface area contributed by atoms with E-state index in [9.17, 15) is 14.7 Å². The van der Waals surface area contributed by atoms with Crippen molar-refractivity contribution in [3.63, 3.8) is 0 Å². The van der Waals surface area contributed by atoms with Gasteiger partial charge >= 0.3 is 11.9 Å². The zero-order chi connectivity index (χ0) is 27.6. The van der Waals surface area contributed by atoms with E-state index in [4.69, 9.17) is 23.7 Å². The highest BCUT2D eigenvalue weighted by molar-refractivity contribution is 5.86. The molecule has 0 heterocycles. The van der Waals surface area contributed by atoms with Crippen molar-refractivity contribution < 1.29 is 38.4 Å². The summed E-state index contributed by atoms with van der Waals surface area (Å²) >= 11 is 0. The van der Waals surface area contributed by atoms with Crippen molar-refractivity contribution in [2.45, 2.75) is 40.9 Å². The highest BCUT2D eigenvalue weighted by atomic mass is 16.6. The molecular weight excluding hydrogens is 476 g/mol. The van der Waals surface area contributed by atoms with Gasteiger partial charge in [0.15, 0.2) is 6.29 Å². The average Bonchev–Trinajstić information content (AvgIpc) is 2.83. The molecule has 8 heteroatoms. The van der Waals surface area contributed by atoms with Crippen molar-refractivity contribution in [1.82, 2.24) is 0 Å². The van der Waals surface area contributed by atoms with Gasteiger partial charge in [-0.3, -0.25) is 4.79 Å². The molecule has 2 aromatic carbocycles. The second kappa shape index (κ2) is 13.6. The van der Waals surface area contributed by atoms with E-state index in [0.717, 1.165) is 11.1 Å². The fourth-order valence-electron chi connectivity index (χ4n) is 2.76. The summed E-state index contributed by atoms with van der Waals surface area (Å²) in [6.45, 7) is 16.3. The topological polar surface area (TPSA) is 101 Å². The molecule has 0 saturated carbocycles. The van der Waals surface area contributed by atoms with Crippen molar-refractivity contribution in [2.24, 2.45) is 5.41 Å². The van der Waals surface area contributed by atoms with Gasteiger partial charge in [0.1, 0.15) is 37.1 Å². The second-order valence-electron chi connectivity index (χ2n) is 9.54. The van der Waals surface area contributed by atoms with Crippen LogP contribution in [0.5, 0.6) is 17.2 Å². The van der Waals surface area contributed by atoms with Gasteiger partial charge in [0.2, 0.25) is 0 Å². The Hall–Kier alpha value is -3.62. The van der Waals surface area contributed by atoms with E-state index < -0.39 is 17.7 Å². The first-order chi connectivity index (χ1) is 17.4. The number of benzene rings is 2. The predicted octanol–water partition coefficient (Wildman–Crippen LogP) is 5.09. The van der Waals surface area contributed by atoms with Crippen LogP contribution in [0.25, 0.3) is 11.1 Å². The Balaban J connectivity index is 2.15. The van der Waals surface area contributed by atoms with Crippen molar-refractivity contribution >= 4 is 11.9 Å². The average molecular weight is 513 g/mol. The fourth-order valence-corrected chi connectivity index (χ4v) is 2.76. The minimum absolute atomic E-state index is 0.0621. The molecular formula is C29H36O8. The van der Waals surface area contributed by atoms with Crippen LogP contribution < -0.4 is 14.2 Å². The minimum Gasteiger partial charge on any atom is -0.491 e. The first-order valence-corrected chi connectivity index (χ1v) is 11.9. The van der Waals surface area contributed by atoms with Gasteiger partial charge in [-0.2, -0.15) is 0 Å². The van der Waals surface area contributed by atoms with Crippen LogP contribution in [0.2, 0.25) is 0 Å². The number of ether oxygens (including phenoxy) is 5. The largest absolute Gasteiger partial charge is 0.491 e. The van der Waals surface area contributed by atoms with Crippen molar-refractivity contribution in [3.05, 3.63) is 66.8 Å². The standard InChI is InChI=1S/C29H36O8/c1-19(2)26(30)35-14-12-33-24-16-22(17-25(18-24)34-13-15-36-27(31)20(3)4)21-8-10-23(11-9-21)37-28(32)29(5,6)7/h8-11,16-18,26,30H,1,3,12-15H2,2,4-7H3. The Labute approximate surface area is 218 Å². The first-order valence-electron chi connectivity index (χ1n) is 11.9. The highest BCUT2D eigenvalue weighted by Crippen LogP contribution is 2.31. The van der Waals surface area contributed by atoms with E-state index in [-0.39, 0.29) is 32.4 Å². The SMILES string of the molecule is C=C(C)C(=O)OCCOc1cc(OCCOC(O)C(=C)C)cc(-c2ccc(OC(=O)C(C)(C)C)cc2)c1. The van der Waals surface area contributed by atoms with Gasteiger partial charge in [-0.1, -0.05) is 25.3 Å². The monoisotopic (exact) mass is 512 g/mol. The molecule has 0 aliphatic rings. The molecule has 0 saturated heterocycles. The Morgan fingerprint density at radius 3 is 1.92 bits per heavy atom. The molecule has 0 spiro atoms. The molecule has 2 aromatic rings. The van der Waals surface area contributed by atoms with Gasteiger partial charge in [0.25, 0.3) is 0 Å². The second-order valence-corrected chi connectivity index (χ2v) is 9.54. The van der Waals surface area contributed by atoms with Crippen LogP contribution in [0.15, 0.2) is 66.8 Å². The van der Waals surface area contributed by atoms with Gasteiger partial charge in [-0.15, -0.1) is 0 Å². The number of carbonyl (C=O) groups is 2. The predicted molar refractivity (Wildman–Crippen MR) is 141 cm³/mol. The van der Waals surface area contributed by atoms with Gasteiger partial charge in [0.05, 0.1) is 12.0 Å². The summed E-state index contributed by atoms with van der Waals surface area (Å²) in [6, 6.07) is 12.5. The molecule has 0 radical (unpaired) electrons. The van der Waals surface area contributed by atoms with Gasteiger partial charge in [-0.05, 0) is 75.6 Å². The lowest BCUT2D eigenvalue weighted by Gasteiger charge is -2.16. The quantitative estimate of drug-likeness (QED) is 0.0989. The van der Waals surface area contributed by atoms with Gasteiger partial charge < -0.3 is 28.8 Å². The van der Waals surface area contributed by atoms with Crippen molar-refractivity contribution in [3.8, 4) is 28.4 Å². The first kappa shape index (κ1) is 29.6. The number of hydrogen-bond acceptors (Lipinski definition) is 8. The lowest BCUT2D eigenvalue weighted by atomic mass is 9.97. The molecule has 1 N–H and O–H groups in total. The Morgan fingerprint density at radius 1 is 0.838 bits per heavy atom. The lowest BCUT2D eigenvalue weighted by molar-refractivity contribution is -0.143. The van der Waals surface area contributed by atoms with Gasteiger partial charge in [-0.25, -0.2) is 4.79 Å². The van der Waals surface area contributed by atoms with Crippen molar-refractivity contribution in [1.29, 1.82) is 0 Å². The molecule has 0 bridgehead atoms. The Morgan fingerprint density at radius 2 is 1.41 bits per heavy atom. The molecule has 0 aliphatic heterocycles. The van der Waals surface area contributed by atoms with Gasteiger partial charge in [0, 0.05) is 11.6 Å². The van der Waals surface area contributed by atoms with Crippen LogP contribution in [0.3, 0.4) is 0 Å². The highest BCUT2D eigenvalue weighted by Gasteiger charge is 2.23. The summed E-state index contributed by atoms with van der Waals surface area (Å²) in [4.78, 5) is 23.7. The van der Waals surface area contributed by atoms with E-state index >= 15 is 0 Å². The molecule has 8 nitrogen and oxygen atoms in total. The summed E-state index contributed by atoms with van der Waals surface area (Å²) in [5, 5.41) is 9.71. The minimum atomic E-state index is -1.05. The summed E-state index contributed by atoms with van der Waals surface area (Å²) in [7, 11) is 0. The Bertz CT molecular complexity index is 1100. The molecule has 2 rings (SSSR count). The number of carbonyl (C=O) groups excluding carboxylic acids is 2. The smallest absolute Gasteiger partial charge is 0.333 e. The van der Waals surface area contributed by atoms with E-state index in [1.54, 1.807) is 52.8 Å². The molecule has 0 aromatic heterocycles. The molecule has 1 unspecified atom stereocenters. The third kappa shape index (κ3) is 10.1. The van der Waals surface area contributed by atoms with Crippen LogP contribution >= 0.6 is 0 Å². The Kier molecular flexibility index (Phi) is 10.9. The molecule has 1 atom stereocenters. The summed E-state index contributed by atoms with van der Waals surface area (Å²) < 4.78 is 27.4. The fraction of sp³-hybridized carbons (Fsp3) is 0.379. The van der Waals surface area contributed by atoms with Crippen LogP contribution in [-0.4, -0.2) is 49.8 Å². The number of hydrogen-bond donors (Lipinski definition) is 1. The lowest BCUT2D eigenvalue weighted by Crippen LogP contribution is -2.25. The van der Waals surface area contributed by atoms with E-state index in [1.165, 1.54) is 0 Å². The maximum atomic E-state index is 12.2. The maximum Gasteiger partial charge on any atom is 0.333 e. The van der Waals surface area contributed by atoms with E-state index in [2.05, 4.69) is 13.2 Å². The van der Waals surface area contributed by atoms with Crippen LogP contribution in [0.1, 0.15) is 34.6 Å². The summed E-state index contributed by atoms with van der Waals surface area (Å²) in [6.07, 6.45) is -1.05. The maximum absolute atomic E-state index is 12.2. The van der Waals surface area contributed by atoms with Crippen LogP contribution in [0, 0.1) is 5.41 Å². The number of rotatable bonds is 13. The normalized spacial score (nSPS) is 11.8. The summed E-state index contributed by atoms with van der Waals surface area (Å²) in [5.41, 5.74) is 1.84. The number of esters is 2. The third-order valence-electron chi connectivity index (χ3n) is 4.87. The third-order valence-corrected chi connectivity index (χ3v) is 4.87. The zero-order valence-corrected chi connectivity index (χ0v) is 22.2. The zero-order valence-electron chi connectivity index (χ0n) is 22.2. The molecule has 200 valence electrons. The number of aliphatic hydroxyl groups is 1. The van der Waals surface area contributed by atoms with Crippen LogP contribution in [-0.2, 0) is 19.1 Å². The van der Waals surface area contributed by atoms with Crippen LogP contribution in [0.4, 0.5) is 0 Å². The number of aliphatic hydroxyl groups excluding tert-OH is 1. The molecule has 0 aliphatic carbocycles. The van der Waals surface area contributed by atoms with E-state index in [0.29, 0.717) is 28.4 Å². The molecule has 0 amide bonds. The van der Waals surface area contributed by atoms with E-state index in [1.807, 2.05) is 24.3 Å². The molecule has 0 fully saturated rings. The van der Waals surface area contributed by atoms with Crippen molar-refractivity contribution in [2.75, 3.05) is 26.4 Å².